The summed E-state index contributed by atoms with van der Waals surface area (Å²) in [5, 5.41) is 3.91. The van der Waals surface area contributed by atoms with Crippen molar-refractivity contribution < 1.29 is 9.53 Å². The zero-order valence-electron chi connectivity index (χ0n) is 10.1. The Bertz CT molecular complexity index is 618. The highest BCUT2D eigenvalue weighted by Crippen LogP contribution is 2.27. The largest absolute Gasteiger partial charge is 0.482 e. The molecule has 4 nitrogen and oxygen atoms in total. The lowest BCUT2D eigenvalue weighted by atomic mass is 10.3. The number of amides is 1. The van der Waals surface area contributed by atoms with E-state index in [2.05, 4.69) is 10.3 Å². The second-order valence-electron chi connectivity index (χ2n) is 3.77. The Morgan fingerprint density at radius 3 is 2.60 bits per heavy atom. The second-order valence-corrected chi connectivity index (χ2v) is 5.05. The summed E-state index contributed by atoms with van der Waals surface area (Å²) < 4.78 is 5.29. The number of hydrogen-bond donors (Lipinski definition) is 1. The number of anilines is 1. The van der Waals surface area contributed by atoms with Gasteiger partial charge in [-0.1, -0.05) is 34.8 Å². The lowest BCUT2D eigenvalue weighted by Crippen LogP contribution is -2.20. The first-order chi connectivity index (χ1) is 9.54. The van der Waals surface area contributed by atoms with Crippen molar-refractivity contribution >= 4 is 46.5 Å². The number of carbonyl (C=O) groups is 1. The summed E-state index contributed by atoms with van der Waals surface area (Å²) in [5.41, 5.74) is 0. The minimum Gasteiger partial charge on any atom is -0.482 e. The molecule has 0 aliphatic rings. The summed E-state index contributed by atoms with van der Waals surface area (Å²) in [4.78, 5) is 15.6. The molecule has 0 bridgehead atoms. The number of rotatable bonds is 4. The van der Waals surface area contributed by atoms with Gasteiger partial charge < -0.3 is 10.1 Å². The van der Waals surface area contributed by atoms with Crippen molar-refractivity contribution in [2.24, 2.45) is 0 Å². The molecule has 1 heterocycles. The molecule has 104 valence electrons. The van der Waals surface area contributed by atoms with Crippen LogP contribution in [0, 0.1) is 0 Å². The van der Waals surface area contributed by atoms with E-state index in [1.807, 2.05) is 0 Å². The average Bonchev–Trinajstić information content (AvgIpc) is 2.42. The lowest BCUT2D eigenvalue weighted by Gasteiger charge is -2.08. The van der Waals surface area contributed by atoms with Crippen molar-refractivity contribution in [3.8, 4) is 5.75 Å². The zero-order valence-corrected chi connectivity index (χ0v) is 12.3. The Hall–Kier alpha value is -1.49. The molecule has 0 radical (unpaired) electrons. The smallest absolute Gasteiger partial charge is 0.263 e. The van der Waals surface area contributed by atoms with Gasteiger partial charge in [-0.2, -0.15) is 0 Å². The molecule has 2 aromatic rings. The first-order valence-corrected chi connectivity index (χ1v) is 6.67. The van der Waals surface area contributed by atoms with Gasteiger partial charge in [0.05, 0.1) is 10.0 Å². The van der Waals surface area contributed by atoms with E-state index in [9.17, 15) is 4.79 Å². The van der Waals surface area contributed by atoms with Gasteiger partial charge in [-0.25, -0.2) is 4.98 Å². The third-order valence-electron chi connectivity index (χ3n) is 2.25. The van der Waals surface area contributed by atoms with E-state index in [0.29, 0.717) is 26.6 Å². The number of nitrogens with one attached hydrogen (secondary N) is 1. The molecule has 1 aromatic heterocycles. The molecule has 0 spiro atoms. The molecule has 0 fully saturated rings. The molecule has 0 aliphatic carbocycles. The van der Waals surface area contributed by atoms with Gasteiger partial charge in [0.25, 0.3) is 5.91 Å². The van der Waals surface area contributed by atoms with Gasteiger partial charge in [0, 0.05) is 17.3 Å². The van der Waals surface area contributed by atoms with Gasteiger partial charge in [-0.15, -0.1) is 0 Å². The number of hydrogen-bond acceptors (Lipinski definition) is 3. The average molecular weight is 332 g/mol. The van der Waals surface area contributed by atoms with Crippen LogP contribution in [-0.2, 0) is 4.79 Å². The normalized spacial score (nSPS) is 10.2. The van der Waals surface area contributed by atoms with Gasteiger partial charge >= 0.3 is 0 Å². The maximum Gasteiger partial charge on any atom is 0.263 e. The fourth-order valence-electron chi connectivity index (χ4n) is 1.36. The maximum atomic E-state index is 11.7. The minimum absolute atomic E-state index is 0.204. The van der Waals surface area contributed by atoms with Gasteiger partial charge in [0.15, 0.2) is 6.61 Å². The minimum atomic E-state index is -0.365. The van der Waals surface area contributed by atoms with Crippen LogP contribution in [0.3, 0.4) is 0 Å². The molecule has 0 saturated carbocycles. The van der Waals surface area contributed by atoms with Crippen LogP contribution < -0.4 is 10.1 Å². The topological polar surface area (TPSA) is 51.2 Å². The van der Waals surface area contributed by atoms with Crippen molar-refractivity contribution in [2.75, 3.05) is 11.9 Å². The Balaban J connectivity index is 1.92. The van der Waals surface area contributed by atoms with E-state index in [1.54, 1.807) is 24.3 Å². The molecular formula is C13H9Cl3N2O2. The van der Waals surface area contributed by atoms with Crippen molar-refractivity contribution in [1.29, 1.82) is 0 Å². The molecule has 1 amide bonds. The molecular weight excluding hydrogens is 323 g/mol. The molecule has 20 heavy (non-hydrogen) atoms. The maximum absolute atomic E-state index is 11.7. The van der Waals surface area contributed by atoms with Crippen molar-refractivity contribution in [1.82, 2.24) is 4.98 Å². The lowest BCUT2D eigenvalue weighted by molar-refractivity contribution is -0.118. The second kappa shape index (κ2) is 6.79. The Morgan fingerprint density at radius 1 is 1.15 bits per heavy atom. The van der Waals surface area contributed by atoms with Crippen LogP contribution >= 0.6 is 34.8 Å². The Labute approximate surface area is 130 Å². The summed E-state index contributed by atoms with van der Waals surface area (Å²) in [5.74, 6) is 0.370. The summed E-state index contributed by atoms with van der Waals surface area (Å²) in [6.45, 7) is -0.204. The number of aromatic nitrogens is 1. The molecule has 0 atom stereocenters. The standard InChI is InChI=1S/C13H9Cl3N2O2/c14-8-1-3-10(16)11(5-8)20-7-13(19)18-12-4-2-9(15)6-17-12/h1-6H,7H2,(H,17,18,19). The molecule has 7 heteroatoms. The molecule has 0 unspecified atom stereocenters. The van der Waals surface area contributed by atoms with E-state index < -0.39 is 0 Å². The van der Waals surface area contributed by atoms with Crippen molar-refractivity contribution in [2.45, 2.75) is 0 Å². The van der Waals surface area contributed by atoms with Crippen LogP contribution in [0.2, 0.25) is 15.1 Å². The van der Waals surface area contributed by atoms with E-state index >= 15 is 0 Å². The third-order valence-corrected chi connectivity index (χ3v) is 3.02. The Morgan fingerprint density at radius 2 is 1.90 bits per heavy atom. The van der Waals surface area contributed by atoms with E-state index in [0.717, 1.165) is 0 Å². The highest BCUT2D eigenvalue weighted by molar-refractivity contribution is 6.34. The number of ether oxygens (including phenoxy) is 1. The summed E-state index contributed by atoms with van der Waals surface area (Å²) in [7, 11) is 0. The molecule has 0 saturated heterocycles. The van der Waals surface area contributed by atoms with E-state index in [4.69, 9.17) is 39.5 Å². The van der Waals surface area contributed by atoms with Crippen LogP contribution in [0.1, 0.15) is 0 Å². The van der Waals surface area contributed by atoms with Gasteiger partial charge in [-0.3, -0.25) is 4.79 Å². The first kappa shape index (κ1) is 14.9. The van der Waals surface area contributed by atoms with Gasteiger partial charge in [0.2, 0.25) is 0 Å². The van der Waals surface area contributed by atoms with Gasteiger partial charge in [0.1, 0.15) is 11.6 Å². The van der Waals surface area contributed by atoms with Crippen LogP contribution in [0.15, 0.2) is 36.5 Å². The SMILES string of the molecule is O=C(COc1cc(Cl)ccc1Cl)Nc1ccc(Cl)cn1. The fourth-order valence-corrected chi connectivity index (χ4v) is 1.81. The van der Waals surface area contributed by atoms with E-state index in [1.165, 1.54) is 12.3 Å². The number of nitrogens with zero attached hydrogens (tertiary/aromatic N) is 1. The zero-order chi connectivity index (χ0) is 14.5. The molecule has 2 rings (SSSR count). The van der Waals surface area contributed by atoms with Gasteiger partial charge in [-0.05, 0) is 24.3 Å². The first-order valence-electron chi connectivity index (χ1n) is 5.54. The highest BCUT2D eigenvalue weighted by atomic mass is 35.5. The summed E-state index contributed by atoms with van der Waals surface area (Å²) >= 11 is 17.4. The number of halogens is 3. The predicted octanol–water partition coefficient (Wildman–Crippen LogP) is 4.06. The van der Waals surface area contributed by atoms with Crippen molar-refractivity contribution in [3.63, 3.8) is 0 Å². The number of carbonyl (C=O) groups excluding carboxylic acids is 1. The van der Waals surface area contributed by atoms with Crippen LogP contribution in [-0.4, -0.2) is 17.5 Å². The Kier molecular flexibility index (Phi) is 5.06. The molecule has 0 aliphatic heterocycles. The third kappa shape index (κ3) is 4.27. The highest BCUT2D eigenvalue weighted by Gasteiger charge is 2.07. The fraction of sp³-hybridized carbons (Fsp3) is 0.0769. The molecule has 1 N–H and O–H groups in total. The molecule has 1 aromatic carbocycles. The van der Waals surface area contributed by atoms with Crippen LogP contribution in [0.25, 0.3) is 0 Å². The quantitative estimate of drug-likeness (QED) is 0.919. The number of benzene rings is 1. The van der Waals surface area contributed by atoms with Crippen molar-refractivity contribution in [3.05, 3.63) is 51.6 Å². The summed E-state index contributed by atoms with van der Waals surface area (Å²) in [6, 6.07) is 7.98. The monoisotopic (exact) mass is 330 g/mol. The van der Waals surface area contributed by atoms with E-state index in [-0.39, 0.29) is 12.5 Å². The number of pyridine rings is 1. The predicted molar refractivity (Wildman–Crippen MR) is 79.8 cm³/mol. The summed E-state index contributed by atoms with van der Waals surface area (Å²) in [6.07, 6.45) is 1.44. The van der Waals surface area contributed by atoms with Crippen LogP contribution in [0.4, 0.5) is 5.82 Å². The van der Waals surface area contributed by atoms with Crippen LogP contribution in [0.5, 0.6) is 5.75 Å².